The molecule has 0 spiro atoms. The van der Waals surface area contributed by atoms with Crippen LogP contribution in [0.25, 0.3) is 0 Å². The molecule has 0 aliphatic heterocycles. The first-order valence-electron chi connectivity index (χ1n) is 8.82. The Hall–Kier alpha value is -2.37. The second-order valence-electron chi connectivity index (χ2n) is 5.90. The molecule has 0 saturated carbocycles. The summed E-state index contributed by atoms with van der Waals surface area (Å²) in [6.07, 6.45) is 2.46. The van der Waals surface area contributed by atoms with E-state index in [0.29, 0.717) is 31.0 Å². The van der Waals surface area contributed by atoms with Crippen LogP contribution in [0.3, 0.4) is 0 Å². The zero-order valence-electron chi connectivity index (χ0n) is 15.6. The normalized spacial score (nSPS) is 11.6. The van der Waals surface area contributed by atoms with Crippen LogP contribution in [0.1, 0.15) is 36.4 Å². The lowest BCUT2D eigenvalue weighted by Crippen LogP contribution is -2.38. The highest BCUT2D eigenvalue weighted by Crippen LogP contribution is 2.15. The third kappa shape index (κ3) is 4.81. The number of hydrogen-bond donors (Lipinski definition) is 2. The maximum atomic E-state index is 13.7. The number of aliphatic imine (C=N–C) groups is 1. The van der Waals surface area contributed by atoms with Gasteiger partial charge in [0, 0.05) is 38.4 Å². The minimum Gasteiger partial charge on any atom is -0.356 e. The van der Waals surface area contributed by atoms with Gasteiger partial charge in [-0.05, 0) is 30.9 Å². The van der Waals surface area contributed by atoms with Crippen molar-refractivity contribution < 1.29 is 4.39 Å². The Morgan fingerprint density at radius 1 is 1.20 bits per heavy atom. The molecule has 0 bridgehead atoms. The van der Waals surface area contributed by atoms with Gasteiger partial charge in [-0.2, -0.15) is 5.10 Å². The Morgan fingerprint density at radius 3 is 2.60 bits per heavy atom. The summed E-state index contributed by atoms with van der Waals surface area (Å²) in [6, 6.07) is 6.86. The fourth-order valence-electron chi connectivity index (χ4n) is 3.00. The van der Waals surface area contributed by atoms with Gasteiger partial charge < -0.3 is 10.6 Å². The van der Waals surface area contributed by atoms with Crippen LogP contribution in [-0.2, 0) is 32.9 Å². The molecule has 0 aliphatic carbocycles. The molecule has 1 heterocycles. The molecular weight excluding hydrogens is 317 g/mol. The highest BCUT2D eigenvalue weighted by molar-refractivity contribution is 5.79. The largest absolute Gasteiger partial charge is 0.356 e. The van der Waals surface area contributed by atoms with Crippen molar-refractivity contribution in [3.05, 3.63) is 52.6 Å². The summed E-state index contributed by atoms with van der Waals surface area (Å²) in [5.74, 6) is 0.548. The lowest BCUT2D eigenvalue weighted by atomic mass is 10.1. The summed E-state index contributed by atoms with van der Waals surface area (Å²) in [7, 11) is 3.73. The van der Waals surface area contributed by atoms with Crippen molar-refractivity contribution in [2.24, 2.45) is 12.0 Å². The highest BCUT2D eigenvalue weighted by atomic mass is 19.1. The van der Waals surface area contributed by atoms with Crippen LogP contribution in [0.4, 0.5) is 4.39 Å². The maximum absolute atomic E-state index is 13.7. The summed E-state index contributed by atoms with van der Waals surface area (Å²) in [4.78, 5) is 4.25. The van der Waals surface area contributed by atoms with Gasteiger partial charge in [0.1, 0.15) is 5.82 Å². The van der Waals surface area contributed by atoms with Crippen molar-refractivity contribution in [1.29, 1.82) is 0 Å². The number of hydrogen-bond acceptors (Lipinski definition) is 2. The summed E-state index contributed by atoms with van der Waals surface area (Å²) in [5, 5.41) is 11.2. The lowest BCUT2D eigenvalue weighted by molar-refractivity contribution is 0.606. The average molecular weight is 345 g/mol. The smallest absolute Gasteiger partial charge is 0.191 e. The molecule has 0 atom stereocenters. The second kappa shape index (κ2) is 9.20. The molecule has 0 amide bonds. The molecule has 0 aliphatic rings. The molecule has 2 aromatic rings. The maximum Gasteiger partial charge on any atom is 0.191 e. The second-order valence-corrected chi connectivity index (χ2v) is 5.90. The number of halogens is 1. The first-order chi connectivity index (χ1) is 12.1. The van der Waals surface area contributed by atoms with Crippen LogP contribution in [-0.4, -0.2) is 29.3 Å². The Labute approximate surface area is 149 Å². The number of benzene rings is 1. The predicted octanol–water partition coefficient (Wildman–Crippen LogP) is 2.59. The van der Waals surface area contributed by atoms with Crippen molar-refractivity contribution >= 4 is 5.96 Å². The first kappa shape index (κ1) is 19.0. The topological polar surface area (TPSA) is 54.2 Å². The van der Waals surface area contributed by atoms with Crippen molar-refractivity contribution in [2.75, 3.05) is 13.6 Å². The van der Waals surface area contributed by atoms with Gasteiger partial charge in [0.05, 0.1) is 5.69 Å². The van der Waals surface area contributed by atoms with E-state index in [9.17, 15) is 4.39 Å². The van der Waals surface area contributed by atoms with E-state index in [1.54, 1.807) is 13.1 Å². The van der Waals surface area contributed by atoms with Gasteiger partial charge in [-0.25, -0.2) is 4.39 Å². The van der Waals surface area contributed by atoms with Crippen LogP contribution < -0.4 is 10.6 Å². The van der Waals surface area contributed by atoms with E-state index in [1.807, 2.05) is 23.9 Å². The fraction of sp³-hybridized carbons (Fsp3) is 0.474. The summed E-state index contributed by atoms with van der Waals surface area (Å²) in [5.41, 5.74) is 4.31. The molecule has 0 saturated heterocycles. The molecule has 1 aromatic carbocycles. The highest BCUT2D eigenvalue weighted by Gasteiger charge is 2.13. The van der Waals surface area contributed by atoms with Crippen LogP contribution in [0.15, 0.2) is 29.3 Å². The monoisotopic (exact) mass is 345 g/mol. The van der Waals surface area contributed by atoms with E-state index in [0.717, 1.165) is 18.5 Å². The molecule has 25 heavy (non-hydrogen) atoms. The summed E-state index contributed by atoms with van der Waals surface area (Å²) < 4.78 is 15.6. The van der Waals surface area contributed by atoms with Gasteiger partial charge >= 0.3 is 0 Å². The zero-order chi connectivity index (χ0) is 18.2. The van der Waals surface area contributed by atoms with Crippen molar-refractivity contribution in [1.82, 2.24) is 20.4 Å². The third-order valence-electron chi connectivity index (χ3n) is 4.33. The molecule has 1 aromatic heterocycles. The number of aromatic nitrogens is 2. The minimum absolute atomic E-state index is 0.164. The summed E-state index contributed by atoms with van der Waals surface area (Å²) in [6.45, 7) is 5.56. The van der Waals surface area contributed by atoms with Gasteiger partial charge in [-0.3, -0.25) is 9.67 Å². The van der Waals surface area contributed by atoms with E-state index in [1.165, 1.54) is 17.3 Å². The zero-order valence-corrected chi connectivity index (χ0v) is 15.6. The number of rotatable bonds is 7. The Bertz CT molecular complexity index is 721. The number of guanidine groups is 1. The van der Waals surface area contributed by atoms with Gasteiger partial charge in [0.15, 0.2) is 5.96 Å². The molecule has 6 heteroatoms. The quantitative estimate of drug-likeness (QED) is 0.599. The van der Waals surface area contributed by atoms with Crippen LogP contribution in [0.2, 0.25) is 0 Å². The van der Waals surface area contributed by atoms with E-state index in [2.05, 4.69) is 34.6 Å². The van der Waals surface area contributed by atoms with Crippen molar-refractivity contribution in [3.63, 3.8) is 0 Å². The molecule has 0 unspecified atom stereocenters. The Kier molecular flexibility index (Phi) is 6.98. The number of nitrogens with one attached hydrogen (secondary N) is 2. The van der Waals surface area contributed by atoms with Gasteiger partial charge in [0.2, 0.25) is 0 Å². The van der Waals surface area contributed by atoms with E-state index >= 15 is 0 Å². The van der Waals surface area contributed by atoms with E-state index in [4.69, 9.17) is 0 Å². The first-order valence-corrected chi connectivity index (χ1v) is 8.82. The molecule has 0 fully saturated rings. The summed E-state index contributed by atoms with van der Waals surface area (Å²) >= 11 is 0. The molecule has 2 N–H and O–H groups in total. The van der Waals surface area contributed by atoms with Gasteiger partial charge in [-0.1, -0.05) is 32.0 Å². The third-order valence-corrected chi connectivity index (χ3v) is 4.33. The van der Waals surface area contributed by atoms with Crippen LogP contribution in [0, 0.1) is 5.82 Å². The predicted molar refractivity (Wildman–Crippen MR) is 100 cm³/mol. The van der Waals surface area contributed by atoms with E-state index in [-0.39, 0.29) is 5.82 Å². The lowest BCUT2D eigenvalue weighted by Gasteiger charge is -2.13. The van der Waals surface area contributed by atoms with Gasteiger partial charge in [-0.15, -0.1) is 0 Å². The Morgan fingerprint density at radius 2 is 1.96 bits per heavy atom. The van der Waals surface area contributed by atoms with E-state index < -0.39 is 0 Å². The standard InChI is InChI=1S/C19H28FN5/c1-5-17-15(18(6-2)25(4)24-17)13-23-19(21-3)22-12-11-14-9-7-8-10-16(14)20/h7-10H,5-6,11-13H2,1-4H3,(H2,21,22,23). The van der Waals surface area contributed by atoms with Crippen molar-refractivity contribution in [2.45, 2.75) is 39.7 Å². The van der Waals surface area contributed by atoms with Crippen LogP contribution >= 0.6 is 0 Å². The Balaban J connectivity index is 1.92. The number of aryl methyl sites for hydroxylation is 2. The molecule has 2 rings (SSSR count). The average Bonchev–Trinajstić information content (AvgIpc) is 2.94. The van der Waals surface area contributed by atoms with Gasteiger partial charge in [0.25, 0.3) is 0 Å². The molecular formula is C19H28FN5. The minimum atomic E-state index is -0.164. The molecule has 136 valence electrons. The van der Waals surface area contributed by atoms with Crippen LogP contribution in [0.5, 0.6) is 0 Å². The molecule has 5 nitrogen and oxygen atoms in total. The fourth-order valence-corrected chi connectivity index (χ4v) is 3.00. The SMILES string of the molecule is CCc1nn(C)c(CC)c1CNC(=NC)NCCc1ccccc1F. The molecule has 0 radical (unpaired) electrons. The van der Waals surface area contributed by atoms with Crippen molar-refractivity contribution in [3.8, 4) is 0 Å². The number of nitrogens with zero attached hydrogens (tertiary/aromatic N) is 3.